The number of benzene rings is 1. The minimum absolute atomic E-state index is 0.00283. The highest BCUT2D eigenvalue weighted by Crippen LogP contribution is 2.38. The van der Waals surface area contributed by atoms with Crippen LogP contribution in [0.25, 0.3) is 5.76 Å². The van der Waals surface area contributed by atoms with Gasteiger partial charge in [-0.05, 0) is 24.3 Å². The van der Waals surface area contributed by atoms with Gasteiger partial charge in [0.05, 0.1) is 25.0 Å². The Morgan fingerprint density at radius 2 is 2.00 bits per heavy atom. The quantitative estimate of drug-likeness (QED) is 0.477. The van der Waals surface area contributed by atoms with Crippen molar-refractivity contribution in [3.05, 3.63) is 65.5 Å². The van der Waals surface area contributed by atoms with Gasteiger partial charge in [0.15, 0.2) is 0 Å². The van der Waals surface area contributed by atoms with E-state index < -0.39 is 17.7 Å². The molecule has 7 nitrogen and oxygen atoms in total. The molecule has 2 heterocycles. The van der Waals surface area contributed by atoms with E-state index in [2.05, 4.69) is 4.98 Å². The van der Waals surface area contributed by atoms with Crippen molar-refractivity contribution in [3.63, 3.8) is 0 Å². The molecule has 1 amide bonds. The van der Waals surface area contributed by atoms with Crippen molar-refractivity contribution in [2.24, 2.45) is 0 Å². The topological polar surface area (TPSA) is 89.0 Å². The van der Waals surface area contributed by atoms with Gasteiger partial charge in [-0.1, -0.05) is 18.2 Å². The molecule has 1 N–H and O–H groups in total. The fraction of sp³-hybridized carbons (Fsp3) is 0.250. The molecule has 1 unspecified atom stereocenters. The zero-order valence-corrected chi connectivity index (χ0v) is 15.1. The van der Waals surface area contributed by atoms with E-state index in [1.807, 2.05) is 0 Å². The maximum atomic E-state index is 12.7. The average molecular weight is 368 g/mol. The van der Waals surface area contributed by atoms with Crippen LogP contribution in [0, 0.1) is 0 Å². The van der Waals surface area contributed by atoms with Crippen LogP contribution in [0.2, 0.25) is 0 Å². The largest absolute Gasteiger partial charge is 0.507 e. The van der Waals surface area contributed by atoms with Crippen LogP contribution in [0.1, 0.15) is 17.3 Å². The zero-order chi connectivity index (χ0) is 19.4. The molecule has 7 heteroatoms. The summed E-state index contributed by atoms with van der Waals surface area (Å²) < 4.78 is 10.2. The number of ketones is 1. The molecule has 1 aromatic heterocycles. The fourth-order valence-corrected chi connectivity index (χ4v) is 3.07. The summed E-state index contributed by atoms with van der Waals surface area (Å²) in [6, 6.07) is 11.1. The number of nitrogens with zero attached hydrogens (tertiary/aromatic N) is 2. The van der Waals surface area contributed by atoms with Gasteiger partial charge in [0, 0.05) is 25.4 Å². The molecule has 2 aromatic rings. The van der Waals surface area contributed by atoms with Crippen molar-refractivity contribution in [2.45, 2.75) is 6.04 Å². The van der Waals surface area contributed by atoms with Gasteiger partial charge in [0.1, 0.15) is 17.6 Å². The number of rotatable bonds is 6. The van der Waals surface area contributed by atoms with Crippen molar-refractivity contribution in [1.82, 2.24) is 9.88 Å². The monoisotopic (exact) mass is 368 g/mol. The fourth-order valence-electron chi connectivity index (χ4n) is 3.07. The number of likely N-dealkylation sites (tertiary alicyclic amines) is 1. The summed E-state index contributed by atoms with van der Waals surface area (Å²) in [7, 11) is 3.03. The van der Waals surface area contributed by atoms with Gasteiger partial charge in [0.25, 0.3) is 11.7 Å². The minimum Gasteiger partial charge on any atom is -0.507 e. The van der Waals surface area contributed by atoms with E-state index >= 15 is 0 Å². The molecule has 27 heavy (non-hydrogen) atoms. The molecule has 1 aliphatic rings. The molecule has 1 saturated heterocycles. The minimum atomic E-state index is -0.785. The van der Waals surface area contributed by atoms with Crippen LogP contribution >= 0.6 is 0 Å². The number of carbonyl (C=O) groups is 2. The molecule has 0 bridgehead atoms. The van der Waals surface area contributed by atoms with Crippen molar-refractivity contribution >= 4 is 17.4 Å². The molecule has 0 radical (unpaired) electrons. The Bertz CT molecular complexity index is 879. The first kappa shape index (κ1) is 18.6. The Morgan fingerprint density at radius 3 is 2.67 bits per heavy atom. The third-order valence-electron chi connectivity index (χ3n) is 4.39. The zero-order valence-electron chi connectivity index (χ0n) is 15.1. The van der Waals surface area contributed by atoms with Crippen molar-refractivity contribution in [1.29, 1.82) is 0 Å². The Balaban J connectivity index is 2.15. The number of aromatic nitrogens is 1. The number of ether oxygens (including phenoxy) is 2. The summed E-state index contributed by atoms with van der Waals surface area (Å²) in [5.74, 6) is -1.17. The van der Waals surface area contributed by atoms with E-state index in [1.54, 1.807) is 48.7 Å². The van der Waals surface area contributed by atoms with Crippen molar-refractivity contribution in [2.75, 3.05) is 27.4 Å². The molecule has 140 valence electrons. The molecule has 1 fully saturated rings. The van der Waals surface area contributed by atoms with Gasteiger partial charge in [-0.15, -0.1) is 0 Å². The number of aliphatic hydroxyl groups is 1. The normalized spacial score (nSPS) is 18.7. The molecular weight excluding hydrogens is 348 g/mol. The van der Waals surface area contributed by atoms with Crippen LogP contribution in [0.3, 0.4) is 0 Å². The summed E-state index contributed by atoms with van der Waals surface area (Å²) >= 11 is 0. The first-order chi connectivity index (χ1) is 13.1. The second-order valence-corrected chi connectivity index (χ2v) is 5.97. The summed E-state index contributed by atoms with van der Waals surface area (Å²) in [6.07, 6.45) is 1.58. The van der Waals surface area contributed by atoms with Crippen LogP contribution in [0.15, 0.2) is 54.2 Å². The van der Waals surface area contributed by atoms with Gasteiger partial charge in [-0.3, -0.25) is 14.6 Å². The Morgan fingerprint density at radius 1 is 1.19 bits per heavy atom. The van der Waals surface area contributed by atoms with Crippen molar-refractivity contribution in [3.8, 4) is 5.75 Å². The van der Waals surface area contributed by atoms with Gasteiger partial charge < -0.3 is 19.5 Å². The first-order valence-electron chi connectivity index (χ1n) is 8.41. The summed E-state index contributed by atoms with van der Waals surface area (Å²) in [5, 5.41) is 10.9. The highest BCUT2D eigenvalue weighted by atomic mass is 16.5. The van der Waals surface area contributed by atoms with Gasteiger partial charge in [-0.2, -0.15) is 0 Å². The maximum absolute atomic E-state index is 12.7. The summed E-state index contributed by atoms with van der Waals surface area (Å²) in [5.41, 5.74) is 0.889. The summed E-state index contributed by atoms with van der Waals surface area (Å²) in [4.78, 5) is 31.0. The molecule has 0 saturated carbocycles. The van der Waals surface area contributed by atoms with Crippen molar-refractivity contribution < 1.29 is 24.2 Å². The molecule has 1 aromatic carbocycles. The second kappa shape index (κ2) is 8.01. The summed E-state index contributed by atoms with van der Waals surface area (Å²) in [6.45, 7) is 0.465. The third kappa shape index (κ3) is 3.54. The SMILES string of the molecule is COCCN1C(=O)C(=O)/C(=C(\O)c2cccc(OC)c2)C1c1ccccn1. The Kier molecular flexibility index (Phi) is 5.52. The molecule has 1 atom stereocenters. The average Bonchev–Trinajstić information content (AvgIpc) is 2.97. The smallest absolute Gasteiger partial charge is 0.295 e. The van der Waals surface area contributed by atoms with E-state index in [-0.39, 0.29) is 24.5 Å². The van der Waals surface area contributed by atoms with Crippen LogP contribution in [0.4, 0.5) is 0 Å². The van der Waals surface area contributed by atoms with Gasteiger partial charge in [0.2, 0.25) is 0 Å². The highest BCUT2D eigenvalue weighted by Gasteiger charge is 2.46. The number of methoxy groups -OCH3 is 2. The Labute approximate surface area is 156 Å². The number of amides is 1. The van der Waals surface area contributed by atoms with Crippen LogP contribution in [-0.4, -0.2) is 54.1 Å². The highest BCUT2D eigenvalue weighted by molar-refractivity contribution is 6.46. The number of Topliss-reactive ketones (excluding diaryl/α,β-unsaturated/α-hetero) is 1. The number of aliphatic hydroxyl groups excluding tert-OH is 1. The molecule has 1 aliphatic heterocycles. The lowest BCUT2D eigenvalue weighted by molar-refractivity contribution is -0.140. The van der Waals surface area contributed by atoms with Crippen LogP contribution in [-0.2, 0) is 14.3 Å². The second-order valence-electron chi connectivity index (χ2n) is 5.97. The first-order valence-corrected chi connectivity index (χ1v) is 8.41. The van der Waals surface area contributed by atoms with E-state index in [0.717, 1.165) is 0 Å². The molecule has 3 rings (SSSR count). The lowest BCUT2D eigenvalue weighted by Crippen LogP contribution is -2.33. The predicted molar refractivity (Wildman–Crippen MR) is 98.1 cm³/mol. The lowest BCUT2D eigenvalue weighted by atomic mass is 9.98. The number of hydrogen-bond donors (Lipinski definition) is 1. The maximum Gasteiger partial charge on any atom is 0.295 e. The number of hydrogen-bond acceptors (Lipinski definition) is 6. The number of pyridine rings is 1. The van der Waals surface area contributed by atoms with E-state index in [9.17, 15) is 14.7 Å². The van der Waals surface area contributed by atoms with Gasteiger partial charge in [-0.25, -0.2) is 0 Å². The van der Waals surface area contributed by atoms with Gasteiger partial charge >= 0.3 is 0 Å². The lowest BCUT2D eigenvalue weighted by Gasteiger charge is -2.24. The van der Waals surface area contributed by atoms with E-state index in [0.29, 0.717) is 17.0 Å². The molecule has 0 aliphatic carbocycles. The third-order valence-corrected chi connectivity index (χ3v) is 4.39. The standard InChI is InChI=1S/C20H20N2O5/c1-26-11-10-22-17(15-8-3-4-9-21-15)16(19(24)20(22)25)18(23)13-6-5-7-14(12-13)27-2/h3-9,12,17,23H,10-11H2,1-2H3/b18-16-. The predicted octanol–water partition coefficient (Wildman–Crippen LogP) is 2.16. The van der Waals surface area contributed by atoms with E-state index in [1.165, 1.54) is 19.1 Å². The van der Waals surface area contributed by atoms with E-state index in [4.69, 9.17) is 9.47 Å². The molecule has 0 spiro atoms. The van der Waals surface area contributed by atoms with Crippen LogP contribution < -0.4 is 4.74 Å². The van der Waals surface area contributed by atoms with Crippen LogP contribution in [0.5, 0.6) is 5.75 Å². The number of carbonyl (C=O) groups excluding carboxylic acids is 2. The molecular formula is C20H20N2O5. The Hall–Kier alpha value is -3.19.